The van der Waals surface area contributed by atoms with Gasteiger partial charge in [0.2, 0.25) is 0 Å². The van der Waals surface area contributed by atoms with Gasteiger partial charge in [-0.1, -0.05) is 42.5 Å². The molecule has 0 amide bonds. The van der Waals surface area contributed by atoms with E-state index < -0.39 is 0 Å². The third kappa shape index (κ3) is 1.87. The molecule has 86 valence electrons. The zero-order chi connectivity index (χ0) is 11.7. The quantitative estimate of drug-likeness (QED) is 0.719. The van der Waals surface area contributed by atoms with E-state index in [1.54, 1.807) is 0 Å². The number of fused-ring (bicyclic) bond motifs is 3. The van der Waals surface area contributed by atoms with Gasteiger partial charge in [-0.2, -0.15) is 0 Å². The molecule has 2 aromatic carbocycles. The monoisotopic (exact) mass is 223 g/mol. The van der Waals surface area contributed by atoms with Gasteiger partial charge in [-0.15, -0.1) is 0 Å². The molecule has 17 heavy (non-hydrogen) atoms. The average Bonchev–Trinajstić information content (AvgIpc) is 2.74. The fraction of sp³-hybridized carbons (Fsp3) is 0.250. The molecule has 1 aliphatic rings. The maximum Gasteiger partial charge on any atom is -0.00114 e. The predicted molar refractivity (Wildman–Crippen MR) is 72.3 cm³/mol. The van der Waals surface area contributed by atoms with Crippen molar-refractivity contribution in [3.8, 4) is 11.1 Å². The molecule has 0 aliphatic heterocycles. The highest BCUT2D eigenvalue weighted by Gasteiger charge is 2.17. The molecule has 0 spiro atoms. The summed E-state index contributed by atoms with van der Waals surface area (Å²) in [6.07, 6.45) is 2.21. The lowest BCUT2D eigenvalue weighted by molar-refractivity contribution is 0.791. The van der Waals surface area contributed by atoms with Gasteiger partial charge >= 0.3 is 0 Å². The van der Waals surface area contributed by atoms with Gasteiger partial charge in [0.25, 0.3) is 0 Å². The molecule has 2 aromatic rings. The van der Waals surface area contributed by atoms with Gasteiger partial charge in [0, 0.05) is 0 Å². The summed E-state index contributed by atoms with van der Waals surface area (Å²) in [6.45, 7) is 1.05. The highest BCUT2D eigenvalue weighted by atomic mass is 14.8. The molecule has 1 heteroatoms. The van der Waals surface area contributed by atoms with Crippen LogP contribution < -0.4 is 5.32 Å². The first kappa shape index (κ1) is 10.5. The molecule has 0 saturated carbocycles. The Morgan fingerprint density at radius 3 is 2.71 bits per heavy atom. The molecule has 0 heterocycles. The van der Waals surface area contributed by atoms with E-state index in [-0.39, 0.29) is 0 Å². The molecule has 0 fully saturated rings. The Balaban J connectivity index is 1.95. The molecule has 0 bridgehead atoms. The Labute approximate surface area is 102 Å². The van der Waals surface area contributed by atoms with E-state index in [1.165, 1.54) is 27.8 Å². The Bertz CT molecular complexity index is 543. The molecule has 0 radical (unpaired) electrons. The second-order valence-electron chi connectivity index (χ2n) is 4.68. The third-order valence-electron chi connectivity index (χ3n) is 3.52. The highest BCUT2D eigenvalue weighted by molar-refractivity contribution is 5.76. The van der Waals surface area contributed by atoms with Gasteiger partial charge < -0.3 is 5.32 Å². The van der Waals surface area contributed by atoms with Gasteiger partial charge in [-0.3, -0.25) is 0 Å². The number of likely N-dealkylation sites (N-methyl/N-ethyl adjacent to an activating group) is 1. The number of benzene rings is 2. The van der Waals surface area contributed by atoms with Crippen molar-refractivity contribution in [1.29, 1.82) is 0 Å². The van der Waals surface area contributed by atoms with Gasteiger partial charge in [-0.05, 0) is 54.3 Å². The summed E-state index contributed by atoms with van der Waals surface area (Å²) in [4.78, 5) is 0. The molecule has 0 unspecified atom stereocenters. The van der Waals surface area contributed by atoms with E-state index in [9.17, 15) is 0 Å². The Kier molecular flexibility index (Phi) is 2.69. The van der Waals surface area contributed by atoms with Gasteiger partial charge in [0.05, 0.1) is 0 Å². The van der Waals surface area contributed by atoms with E-state index >= 15 is 0 Å². The first-order valence-electron chi connectivity index (χ1n) is 6.23. The van der Waals surface area contributed by atoms with Crippen molar-refractivity contribution in [3.63, 3.8) is 0 Å². The normalized spacial score (nSPS) is 12.3. The van der Waals surface area contributed by atoms with Crippen LogP contribution in [0.3, 0.4) is 0 Å². The smallest absolute Gasteiger partial charge is 0.00114 e. The van der Waals surface area contributed by atoms with E-state index in [0.29, 0.717) is 0 Å². The molecule has 0 aromatic heterocycles. The minimum Gasteiger partial charge on any atom is -0.319 e. The molecule has 0 saturated heterocycles. The van der Waals surface area contributed by atoms with Crippen molar-refractivity contribution in [2.24, 2.45) is 0 Å². The van der Waals surface area contributed by atoms with Crippen LogP contribution in [0.15, 0.2) is 42.5 Å². The molecule has 3 rings (SSSR count). The van der Waals surface area contributed by atoms with Crippen molar-refractivity contribution < 1.29 is 0 Å². The molecule has 1 nitrogen and oxygen atoms in total. The van der Waals surface area contributed by atoms with Crippen LogP contribution in [0.4, 0.5) is 0 Å². The minimum atomic E-state index is 1.05. The van der Waals surface area contributed by atoms with Crippen molar-refractivity contribution >= 4 is 0 Å². The third-order valence-corrected chi connectivity index (χ3v) is 3.52. The summed E-state index contributed by atoms with van der Waals surface area (Å²) in [5.74, 6) is 0. The van der Waals surface area contributed by atoms with Crippen LogP contribution in [-0.2, 0) is 12.8 Å². The standard InChI is InChI=1S/C16H17N/c1-17-9-8-12-6-7-16-14(10-12)11-13-4-2-3-5-15(13)16/h2-7,10,17H,8-9,11H2,1H3. The lowest BCUT2D eigenvalue weighted by Gasteiger charge is -2.05. The van der Waals surface area contributed by atoms with Crippen LogP contribution in [0.25, 0.3) is 11.1 Å². The summed E-state index contributed by atoms with van der Waals surface area (Å²) in [7, 11) is 2.00. The van der Waals surface area contributed by atoms with Gasteiger partial charge in [-0.25, -0.2) is 0 Å². The van der Waals surface area contributed by atoms with Crippen molar-refractivity contribution in [3.05, 3.63) is 59.2 Å². The molecular weight excluding hydrogens is 206 g/mol. The molecule has 0 atom stereocenters. The summed E-state index contributed by atoms with van der Waals surface area (Å²) < 4.78 is 0. The summed E-state index contributed by atoms with van der Waals surface area (Å²) in [5.41, 5.74) is 7.23. The second kappa shape index (κ2) is 4.34. The van der Waals surface area contributed by atoms with Crippen LogP contribution in [0.2, 0.25) is 0 Å². The zero-order valence-electron chi connectivity index (χ0n) is 10.2. The topological polar surface area (TPSA) is 12.0 Å². The summed E-state index contributed by atoms with van der Waals surface area (Å²) in [6, 6.07) is 15.6. The summed E-state index contributed by atoms with van der Waals surface area (Å²) in [5, 5.41) is 3.20. The first-order valence-corrected chi connectivity index (χ1v) is 6.23. The number of hydrogen-bond donors (Lipinski definition) is 1. The Morgan fingerprint density at radius 2 is 1.82 bits per heavy atom. The van der Waals surface area contributed by atoms with E-state index in [0.717, 1.165) is 19.4 Å². The largest absolute Gasteiger partial charge is 0.319 e. The number of nitrogens with one attached hydrogen (secondary N) is 1. The van der Waals surface area contributed by atoms with Crippen LogP contribution in [-0.4, -0.2) is 13.6 Å². The highest BCUT2D eigenvalue weighted by Crippen LogP contribution is 2.36. The second-order valence-corrected chi connectivity index (χ2v) is 4.68. The zero-order valence-corrected chi connectivity index (χ0v) is 10.2. The van der Waals surface area contributed by atoms with Crippen LogP contribution >= 0.6 is 0 Å². The molecular formula is C16H17N. The SMILES string of the molecule is CNCCc1ccc2c(c1)Cc1ccccc1-2. The van der Waals surface area contributed by atoms with E-state index in [2.05, 4.69) is 47.8 Å². The van der Waals surface area contributed by atoms with Crippen molar-refractivity contribution in [2.75, 3.05) is 13.6 Å². The lowest BCUT2D eigenvalue weighted by Crippen LogP contribution is -2.10. The van der Waals surface area contributed by atoms with Crippen LogP contribution in [0.1, 0.15) is 16.7 Å². The van der Waals surface area contributed by atoms with E-state index in [4.69, 9.17) is 0 Å². The van der Waals surface area contributed by atoms with Crippen LogP contribution in [0.5, 0.6) is 0 Å². The van der Waals surface area contributed by atoms with Gasteiger partial charge in [0.1, 0.15) is 0 Å². The predicted octanol–water partition coefficient (Wildman–Crippen LogP) is 3.02. The Hall–Kier alpha value is -1.60. The van der Waals surface area contributed by atoms with Crippen molar-refractivity contribution in [1.82, 2.24) is 5.32 Å². The Morgan fingerprint density at radius 1 is 1.00 bits per heavy atom. The van der Waals surface area contributed by atoms with E-state index in [1.807, 2.05) is 7.05 Å². The average molecular weight is 223 g/mol. The lowest BCUT2D eigenvalue weighted by atomic mass is 10.0. The maximum absolute atomic E-state index is 3.20. The first-order chi connectivity index (χ1) is 8.38. The van der Waals surface area contributed by atoms with Crippen LogP contribution in [0, 0.1) is 0 Å². The maximum atomic E-state index is 3.20. The molecule has 1 aliphatic carbocycles. The molecule has 1 N–H and O–H groups in total. The summed E-state index contributed by atoms with van der Waals surface area (Å²) >= 11 is 0. The fourth-order valence-electron chi connectivity index (χ4n) is 2.62. The minimum absolute atomic E-state index is 1.05. The fourth-order valence-corrected chi connectivity index (χ4v) is 2.62. The number of hydrogen-bond acceptors (Lipinski definition) is 1. The number of rotatable bonds is 3. The van der Waals surface area contributed by atoms with Crippen molar-refractivity contribution in [2.45, 2.75) is 12.8 Å². The van der Waals surface area contributed by atoms with Gasteiger partial charge in [0.15, 0.2) is 0 Å².